The van der Waals surface area contributed by atoms with Crippen LogP contribution in [-0.4, -0.2) is 34.0 Å². The Bertz CT molecular complexity index is 746. The molecule has 1 fully saturated rings. The number of carboxylic acids is 1. The van der Waals surface area contributed by atoms with Gasteiger partial charge in [-0.3, -0.25) is 0 Å². The van der Waals surface area contributed by atoms with Gasteiger partial charge in [0.1, 0.15) is 11.9 Å². The molecule has 2 aliphatic heterocycles. The summed E-state index contributed by atoms with van der Waals surface area (Å²) in [6.07, 6.45) is 5.46. The fraction of sp³-hybridized carbons (Fsp3) is 0.444. The molecule has 1 aromatic carbocycles. The van der Waals surface area contributed by atoms with Gasteiger partial charge in [0.25, 0.3) is 0 Å². The molecule has 0 bridgehead atoms. The molecular formula is C18H21N3O3. The van der Waals surface area contributed by atoms with E-state index in [-0.39, 0.29) is 11.7 Å². The quantitative estimate of drug-likeness (QED) is 0.905. The molecule has 2 aliphatic rings. The van der Waals surface area contributed by atoms with Crippen molar-refractivity contribution >= 4 is 11.8 Å². The minimum absolute atomic E-state index is 0.0817. The largest absolute Gasteiger partial charge is 0.478 e. The lowest BCUT2D eigenvalue weighted by molar-refractivity contribution is 0.0697. The summed E-state index contributed by atoms with van der Waals surface area (Å²) < 4.78 is 7.77. The first-order valence-electron chi connectivity index (χ1n) is 8.55. The van der Waals surface area contributed by atoms with E-state index in [0.717, 1.165) is 62.5 Å². The Hall–Kier alpha value is -2.34. The normalized spacial score (nSPS) is 20.2. The number of nitrogens with zero attached hydrogens (tertiary/aromatic N) is 2. The number of rotatable bonds is 3. The van der Waals surface area contributed by atoms with E-state index in [0.29, 0.717) is 0 Å². The smallest absolute Gasteiger partial charge is 0.335 e. The van der Waals surface area contributed by atoms with E-state index >= 15 is 0 Å². The summed E-state index contributed by atoms with van der Waals surface area (Å²) in [6, 6.07) is 6.85. The SMILES string of the molecule is O=C(O)c1ccc(-n2nc(C3CCCO3)c3c2NCCCC3)cc1. The lowest BCUT2D eigenvalue weighted by Gasteiger charge is -2.09. The highest BCUT2D eigenvalue weighted by atomic mass is 16.5. The molecule has 0 aliphatic carbocycles. The van der Waals surface area contributed by atoms with Crippen molar-refractivity contribution in [2.75, 3.05) is 18.5 Å². The van der Waals surface area contributed by atoms with Crippen LogP contribution in [0.3, 0.4) is 0 Å². The maximum atomic E-state index is 11.1. The first-order chi connectivity index (χ1) is 11.7. The molecule has 0 spiro atoms. The molecule has 0 amide bonds. The molecule has 1 unspecified atom stereocenters. The van der Waals surface area contributed by atoms with Crippen LogP contribution in [0.15, 0.2) is 24.3 Å². The van der Waals surface area contributed by atoms with Crippen molar-refractivity contribution in [3.63, 3.8) is 0 Å². The molecule has 2 N–H and O–H groups in total. The average molecular weight is 327 g/mol. The highest BCUT2D eigenvalue weighted by molar-refractivity contribution is 5.87. The fourth-order valence-corrected chi connectivity index (χ4v) is 3.51. The fourth-order valence-electron chi connectivity index (χ4n) is 3.51. The summed E-state index contributed by atoms with van der Waals surface area (Å²) in [5.41, 5.74) is 3.44. The first-order valence-corrected chi connectivity index (χ1v) is 8.55. The summed E-state index contributed by atoms with van der Waals surface area (Å²) in [5.74, 6) is 0.111. The van der Waals surface area contributed by atoms with E-state index in [1.807, 2.05) is 16.8 Å². The van der Waals surface area contributed by atoms with Gasteiger partial charge in [0.15, 0.2) is 0 Å². The highest BCUT2D eigenvalue weighted by Gasteiger charge is 2.28. The van der Waals surface area contributed by atoms with Gasteiger partial charge in [0.2, 0.25) is 0 Å². The van der Waals surface area contributed by atoms with Gasteiger partial charge < -0.3 is 15.2 Å². The van der Waals surface area contributed by atoms with E-state index in [1.54, 1.807) is 12.1 Å². The Morgan fingerprint density at radius 1 is 1.25 bits per heavy atom. The number of hydrogen-bond acceptors (Lipinski definition) is 4. The second kappa shape index (κ2) is 6.28. The Morgan fingerprint density at radius 3 is 2.79 bits per heavy atom. The topological polar surface area (TPSA) is 76.4 Å². The summed E-state index contributed by atoms with van der Waals surface area (Å²) in [4.78, 5) is 11.1. The molecule has 3 heterocycles. The third-order valence-corrected chi connectivity index (χ3v) is 4.75. The molecule has 6 nitrogen and oxygen atoms in total. The van der Waals surface area contributed by atoms with Crippen molar-refractivity contribution in [3.05, 3.63) is 41.1 Å². The molecule has 126 valence electrons. The first kappa shape index (κ1) is 15.2. The van der Waals surface area contributed by atoms with Crippen molar-refractivity contribution in [1.29, 1.82) is 0 Å². The molecule has 1 atom stereocenters. The Balaban J connectivity index is 1.78. The van der Waals surface area contributed by atoms with Crippen LogP contribution in [0.25, 0.3) is 5.69 Å². The Kier molecular flexibility index (Phi) is 3.98. The zero-order valence-corrected chi connectivity index (χ0v) is 13.5. The monoisotopic (exact) mass is 327 g/mol. The number of aromatic carboxylic acids is 1. The Labute approximate surface area is 140 Å². The molecule has 1 saturated heterocycles. The minimum Gasteiger partial charge on any atom is -0.478 e. The maximum Gasteiger partial charge on any atom is 0.335 e. The number of fused-ring (bicyclic) bond motifs is 1. The van der Waals surface area contributed by atoms with Crippen LogP contribution in [0.1, 0.15) is 53.4 Å². The van der Waals surface area contributed by atoms with Gasteiger partial charge >= 0.3 is 5.97 Å². The molecule has 1 aromatic heterocycles. The predicted molar refractivity (Wildman–Crippen MR) is 89.9 cm³/mol. The molecule has 0 saturated carbocycles. The molecule has 4 rings (SSSR count). The lowest BCUT2D eigenvalue weighted by Crippen LogP contribution is -2.07. The molecule has 0 radical (unpaired) electrons. The molecule has 6 heteroatoms. The van der Waals surface area contributed by atoms with Crippen LogP contribution in [-0.2, 0) is 11.2 Å². The highest BCUT2D eigenvalue weighted by Crippen LogP contribution is 2.36. The van der Waals surface area contributed by atoms with Crippen molar-refractivity contribution in [3.8, 4) is 5.69 Å². The Morgan fingerprint density at radius 2 is 2.08 bits per heavy atom. The van der Waals surface area contributed by atoms with Gasteiger partial charge in [-0.1, -0.05) is 0 Å². The number of carboxylic acid groups (broad SMARTS) is 1. The maximum absolute atomic E-state index is 11.1. The van der Waals surface area contributed by atoms with Crippen molar-refractivity contribution in [2.45, 2.75) is 38.2 Å². The van der Waals surface area contributed by atoms with Crippen LogP contribution >= 0.6 is 0 Å². The zero-order valence-electron chi connectivity index (χ0n) is 13.5. The van der Waals surface area contributed by atoms with E-state index < -0.39 is 5.97 Å². The third kappa shape index (κ3) is 2.67. The van der Waals surface area contributed by atoms with E-state index in [1.165, 1.54) is 5.56 Å². The van der Waals surface area contributed by atoms with E-state index in [9.17, 15) is 4.79 Å². The third-order valence-electron chi connectivity index (χ3n) is 4.75. The summed E-state index contributed by atoms with van der Waals surface area (Å²) >= 11 is 0. The van der Waals surface area contributed by atoms with Gasteiger partial charge in [-0.2, -0.15) is 5.10 Å². The number of nitrogens with one attached hydrogen (secondary N) is 1. The number of aromatic nitrogens is 2. The summed E-state index contributed by atoms with van der Waals surface area (Å²) in [5, 5.41) is 17.4. The number of anilines is 1. The average Bonchev–Trinajstić information content (AvgIpc) is 3.17. The van der Waals surface area contributed by atoms with Crippen molar-refractivity contribution in [1.82, 2.24) is 9.78 Å². The summed E-state index contributed by atoms with van der Waals surface area (Å²) in [6.45, 7) is 1.73. The standard InChI is InChI=1S/C18H21N3O3/c22-18(23)12-6-8-13(9-7-12)21-17-14(4-1-2-10-19-17)16(20-21)15-5-3-11-24-15/h6-9,15,19H,1-5,10-11H2,(H,22,23). The molecule has 24 heavy (non-hydrogen) atoms. The van der Waals surface area contributed by atoms with Crippen LogP contribution in [0.2, 0.25) is 0 Å². The predicted octanol–water partition coefficient (Wildman–Crippen LogP) is 3.17. The van der Waals surface area contributed by atoms with Crippen LogP contribution in [0, 0.1) is 0 Å². The van der Waals surface area contributed by atoms with Crippen LogP contribution < -0.4 is 5.32 Å². The zero-order chi connectivity index (χ0) is 16.5. The number of ether oxygens (including phenoxy) is 1. The van der Waals surface area contributed by atoms with Gasteiger partial charge in [0.05, 0.1) is 16.9 Å². The van der Waals surface area contributed by atoms with Crippen molar-refractivity contribution in [2.24, 2.45) is 0 Å². The second-order valence-corrected chi connectivity index (χ2v) is 6.36. The van der Waals surface area contributed by atoms with Gasteiger partial charge in [-0.15, -0.1) is 0 Å². The number of hydrogen-bond donors (Lipinski definition) is 2. The van der Waals surface area contributed by atoms with E-state index in [2.05, 4.69) is 5.32 Å². The number of benzene rings is 1. The van der Waals surface area contributed by atoms with Gasteiger partial charge in [-0.25, -0.2) is 9.48 Å². The van der Waals surface area contributed by atoms with Gasteiger partial charge in [-0.05, 0) is 56.4 Å². The molecule has 2 aromatic rings. The minimum atomic E-state index is -0.918. The van der Waals surface area contributed by atoms with Crippen molar-refractivity contribution < 1.29 is 14.6 Å². The second-order valence-electron chi connectivity index (χ2n) is 6.36. The number of carbonyl (C=O) groups is 1. The van der Waals surface area contributed by atoms with Gasteiger partial charge in [0, 0.05) is 18.7 Å². The van der Waals surface area contributed by atoms with Crippen LogP contribution in [0.4, 0.5) is 5.82 Å². The van der Waals surface area contributed by atoms with E-state index in [4.69, 9.17) is 14.9 Å². The lowest BCUT2D eigenvalue weighted by atomic mass is 10.0. The van der Waals surface area contributed by atoms with Crippen LogP contribution in [0.5, 0.6) is 0 Å². The molecular weight excluding hydrogens is 306 g/mol. The summed E-state index contributed by atoms with van der Waals surface area (Å²) in [7, 11) is 0.